The second-order valence-electron chi connectivity index (χ2n) is 5.43. The second-order valence-corrected chi connectivity index (χ2v) is 5.43. The molecule has 0 heterocycles. The Balaban J connectivity index is 2.50. The first-order valence-corrected chi connectivity index (χ1v) is 6.98. The van der Waals surface area contributed by atoms with Crippen LogP contribution in [0.4, 0.5) is 5.69 Å². The average Bonchev–Trinajstić information content (AvgIpc) is 2.46. The van der Waals surface area contributed by atoms with Crippen molar-refractivity contribution < 1.29 is 9.53 Å². The summed E-state index contributed by atoms with van der Waals surface area (Å²) >= 11 is 0. The van der Waals surface area contributed by atoms with Crippen molar-refractivity contribution in [2.75, 3.05) is 32.6 Å². The Morgan fingerprint density at radius 2 is 1.95 bits per heavy atom. The Morgan fingerprint density at radius 3 is 2.45 bits per heavy atom. The molecule has 20 heavy (non-hydrogen) atoms. The fourth-order valence-corrected chi connectivity index (χ4v) is 2.15. The minimum Gasteiger partial charge on any atom is -0.468 e. The van der Waals surface area contributed by atoms with Crippen molar-refractivity contribution >= 4 is 11.7 Å². The first-order valence-electron chi connectivity index (χ1n) is 6.98. The van der Waals surface area contributed by atoms with Gasteiger partial charge < -0.3 is 15.0 Å². The molecule has 0 aliphatic carbocycles. The molecule has 0 amide bonds. The lowest BCUT2D eigenvalue weighted by Gasteiger charge is -2.27. The van der Waals surface area contributed by atoms with Gasteiger partial charge >= 0.3 is 5.97 Å². The molecular formula is C16H26N2O2. The van der Waals surface area contributed by atoms with Crippen LogP contribution in [0, 0.1) is 6.92 Å². The van der Waals surface area contributed by atoms with Crippen LogP contribution in [0.25, 0.3) is 0 Å². The third-order valence-electron chi connectivity index (χ3n) is 3.83. The summed E-state index contributed by atoms with van der Waals surface area (Å²) in [5.74, 6) is -0.210. The fraction of sp³-hybridized carbons (Fsp3) is 0.562. The van der Waals surface area contributed by atoms with E-state index < -0.39 is 5.54 Å². The third kappa shape index (κ3) is 4.23. The number of anilines is 1. The SMILES string of the molecule is CNC(C)(CCCN(C)c1ccc(C)cc1)C(=O)OC. The number of carbonyl (C=O) groups is 1. The van der Waals surface area contributed by atoms with Gasteiger partial charge in [-0.3, -0.25) is 4.79 Å². The van der Waals surface area contributed by atoms with Gasteiger partial charge in [-0.25, -0.2) is 0 Å². The van der Waals surface area contributed by atoms with E-state index in [1.165, 1.54) is 18.4 Å². The maximum absolute atomic E-state index is 11.7. The number of esters is 1. The number of hydrogen-bond donors (Lipinski definition) is 1. The third-order valence-corrected chi connectivity index (χ3v) is 3.83. The van der Waals surface area contributed by atoms with Crippen molar-refractivity contribution in [3.05, 3.63) is 29.8 Å². The molecule has 1 aromatic carbocycles. The van der Waals surface area contributed by atoms with Gasteiger partial charge in [0, 0.05) is 19.3 Å². The Hall–Kier alpha value is -1.55. The predicted molar refractivity (Wildman–Crippen MR) is 83.2 cm³/mol. The molecule has 1 unspecified atom stereocenters. The lowest BCUT2D eigenvalue weighted by molar-refractivity contribution is -0.148. The number of nitrogens with zero attached hydrogens (tertiary/aromatic N) is 1. The number of likely N-dealkylation sites (N-methyl/N-ethyl adjacent to an activating group) is 1. The van der Waals surface area contributed by atoms with E-state index in [0.29, 0.717) is 0 Å². The summed E-state index contributed by atoms with van der Waals surface area (Å²) in [7, 11) is 5.29. The van der Waals surface area contributed by atoms with Crippen LogP contribution in [0.3, 0.4) is 0 Å². The molecule has 1 aromatic rings. The predicted octanol–water partition coefficient (Wildman–Crippen LogP) is 2.36. The highest BCUT2D eigenvalue weighted by Gasteiger charge is 2.31. The van der Waals surface area contributed by atoms with E-state index in [2.05, 4.69) is 48.5 Å². The van der Waals surface area contributed by atoms with Crippen LogP contribution in [0.15, 0.2) is 24.3 Å². The first kappa shape index (κ1) is 16.5. The van der Waals surface area contributed by atoms with Crippen LogP contribution in [0.5, 0.6) is 0 Å². The van der Waals surface area contributed by atoms with Gasteiger partial charge in [0.1, 0.15) is 5.54 Å². The van der Waals surface area contributed by atoms with E-state index in [9.17, 15) is 4.79 Å². The summed E-state index contributed by atoms with van der Waals surface area (Å²) in [6.07, 6.45) is 1.66. The Labute approximate surface area is 122 Å². The number of hydrogen-bond acceptors (Lipinski definition) is 4. The van der Waals surface area contributed by atoms with Gasteiger partial charge in [0.05, 0.1) is 7.11 Å². The van der Waals surface area contributed by atoms with E-state index in [-0.39, 0.29) is 5.97 Å². The molecule has 0 saturated heterocycles. The first-order chi connectivity index (χ1) is 9.42. The molecule has 0 aliphatic rings. The molecule has 0 aliphatic heterocycles. The van der Waals surface area contributed by atoms with Gasteiger partial charge in [-0.15, -0.1) is 0 Å². The second kappa shape index (κ2) is 7.29. The zero-order valence-corrected chi connectivity index (χ0v) is 13.2. The monoisotopic (exact) mass is 278 g/mol. The molecule has 0 radical (unpaired) electrons. The molecule has 4 nitrogen and oxygen atoms in total. The molecule has 1 N–H and O–H groups in total. The van der Waals surface area contributed by atoms with E-state index in [4.69, 9.17) is 4.74 Å². The molecule has 0 spiro atoms. The molecule has 0 aromatic heterocycles. The van der Waals surface area contributed by atoms with Crippen molar-refractivity contribution in [3.8, 4) is 0 Å². The Morgan fingerprint density at radius 1 is 1.35 bits per heavy atom. The van der Waals surface area contributed by atoms with Crippen LogP contribution >= 0.6 is 0 Å². The maximum atomic E-state index is 11.7. The van der Waals surface area contributed by atoms with Crippen LogP contribution < -0.4 is 10.2 Å². The lowest BCUT2D eigenvalue weighted by atomic mass is 9.96. The Kier molecular flexibility index (Phi) is 6.02. The highest BCUT2D eigenvalue weighted by molar-refractivity contribution is 5.80. The summed E-state index contributed by atoms with van der Waals surface area (Å²) in [6.45, 7) is 4.86. The number of ether oxygens (including phenoxy) is 1. The van der Waals surface area contributed by atoms with Crippen molar-refractivity contribution in [3.63, 3.8) is 0 Å². The maximum Gasteiger partial charge on any atom is 0.325 e. The van der Waals surface area contributed by atoms with E-state index in [1.807, 2.05) is 6.92 Å². The van der Waals surface area contributed by atoms with E-state index in [0.717, 1.165) is 19.4 Å². The fourth-order valence-electron chi connectivity index (χ4n) is 2.15. The number of nitrogens with one attached hydrogen (secondary N) is 1. The molecule has 1 atom stereocenters. The number of aryl methyl sites for hydroxylation is 1. The van der Waals surface area contributed by atoms with Crippen molar-refractivity contribution in [2.24, 2.45) is 0 Å². The van der Waals surface area contributed by atoms with Gasteiger partial charge in [-0.05, 0) is 45.9 Å². The number of benzene rings is 1. The molecular weight excluding hydrogens is 252 g/mol. The number of carbonyl (C=O) groups excluding carboxylic acids is 1. The molecule has 4 heteroatoms. The minimum absolute atomic E-state index is 0.210. The van der Waals surface area contributed by atoms with Crippen molar-refractivity contribution in [2.45, 2.75) is 32.2 Å². The Bertz CT molecular complexity index is 431. The average molecular weight is 278 g/mol. The molecule has 0 fully saturated rings. The zero-order chi connectivity index (χ0) is 15.2. The van der Waals surface area contributed by atoms with E-state index >= 15 is 0 Å². The van der Waals surface area contributed by atoms with Crippen molar-refractivity contribution in [1.29, 1.82) is 0 Å². The quantitative estimate of drug-likeness (QED) is 0.778. The number of methoxy groups -OCH3 is 1. The molecule has 0 saturated carbocycles. The van der Waals surface area contributed by atoms with Crippen LogP contribution in [0.1, 0.15) is 25.3 Å². The normalized spacial score (nSPS) is 13.7. The molecule has 0 bridgehead atoms. The largest absolute Gasteiger partial charge is 0.468 e. The van der Waals surface area contributed by atoms with Crippen LogP contribution in [-0.2, 0) is 9.53 Å². The van der Waals surface area contributed by atoms with Crippen LogP contribution in [0.2, 0.25) is 0 Å². The molecule has 1 rings (SSSR count). The summed E-state index contributed by atoms with van der Waals surface area (Å²) in [5.41, 5.74) is 1.85. The summed E-state index contributed by atoms with van der Waals surface area (Å²) < 4.78 is 4.85. The standard InChI is InChI=1S/C16H26N2O2/c1-13-7-9-14(10-8-13)18(4)12-6-11-16(2,17-3)15(19)20-5/h7-10,17H,6,11-12H2,1-5H3. The number of rotatable bonds is 7. The minimum atomic E-state index is -0.608. The van der Waals surface area contributed by atoms with Gasteiger partial charge in [0.2, 0.25) is 0 Å². The summed E-state index contributed by atoms with van der Waals surface area (Å²) in [6, 6.07) is 8.45. The van der Waals surface area contributed by atoms with Gasteiger partial charge in [0.25, 0.3) is 0 Å². The van der Waals surface area contributed by atoms with Gasteiger partial charge in [-0.1, -0.05) is 17.7 Å². The van der Waals surface area contributed by atoms with Crippen molar-refractivity contribution in [1.82, 2.24) is 5.32 Å². The van der Waals surface area contributed by atoms with Gasteiger partial charge in [0.15, 0.2) is 0 Å². The smallest absolute Gasteiger partial charge is 0.325 e. The highest BCUT2D eigenvalue weighted by atomic mass is 16.5. The topological polar surface area (TPSA) is 41.6 Å². The zero-order valence-electron chi connectivity index (χ0n) is 13.2. The van der Waals surface area contributed by atoms with Gasteiger partial charge in [-0.2, -0.15) is 0 Å². The van der Waals surface area contributed by atoms with Crippen LogP contribution in [-0.4, -0.2) is 39.3 Å². The summed E-state index contributed by atoms with van der Waals surface area (Å²) in [4.78, 5) is 14.0. The van der Waals surface area contributed by atoms with E-state index in [1.54, 1.807) is 7.05 Å². The highest BCUT2D eigenvalue weighted by Crippen LogP contribution is 2.17. The lowest BCUT2D eigenvalue weighted by Crippen LogP contribution is -2.48. The molecule has 112 valence electrons. The summed E-state index contributed by atoms with van der Waals surface area (Å²) in [5, 5.41) is 3.06.